The maximum absolute atomic E-state index is 11.2. The van der Waals surface area contributed by atoms with Crippen LogP contribution >= 0.6 is 0 Å². The molecule has 17 heavy (non-hydrogen) atoms. The highest BCUT2D eigenvalue weighted by atomic mass is 16.5. The van der Waals surface area contributed by atoms with E-state index in [0.717, 1.165) is 12.0 Å². The molecule has 2 rings (SSSR count). The van der Waals surface area contributed by atoms with Crippen LogP contribution in [0.2, 0.25) is 0 Å². The monoisotopic (exact) mass is 235 g/mol. The molecular formula is C13H17NO3. The lowest BCUT2D eigenvalue weighted by molar-refractivity contribution is 0.138. The second-order valence-electron chi connectivity index (χ2n) is 4.83. The summed E-state index contributed by atoms with van der Waals surface area (Å²) >= 11 is 0. The van der Waals surface area contributed by atoms with Gasteiger partial charge >= 0.3 is 6.09 Å². The molecule has 1 aliphatic heterocycles. The summed E-state index contributed by atoms with van der Waals surface area (Å²) in [7, 11) is 0. The predicted octanol–water partition coefficient (Wildman–Crippen LogP) is 2.90. The summed E-state index contributed by atoms with van der Waals surface area (Å²) in [6.45, 7) is 6.24. The lowest BCUT2D eigenvalue weighted by atomic mass is 10.0. The molecule has 4 heteroatoms. The molecule has 1 amide bonds. The number of benzene rings is 1. The van der Waals surface area contributed by atoms with Crippen LogP contribution in [0.3, 0.4) is 0 Å². The first-order chi connectivity index (χ1) is 7.94. The fourth-order valence-electron chi connectivity index (χ4n) is 2.22. The van der Waals surface area contributed by atoms with Crippen LogP contribution in [-0.4, -0.2) is 23.3 Å². The zero-order valence-electron chi connectivity index (χ0n) is 10.4. The van der Waals surface area contributed by atoms with E-state index in [2.05, 4.69) is 0 Å². The number of ether oxygens (including phenoxy) is 1. The van der Waals surface area contributed by atoms with Gasteiger partial charge in [-0.15, -0.1) is 0 Å². The van der Waals surface area contributed by atoms with Gasteiger partial charge in [0.1, 0.15) is 11.4 Å². The molecular weight excluding hydrogens is 218 g/mol. The number of fused-ring (bicyclic) bond motifs is 1. The molecule has 0 unspecified atom stereocenters. The van der Waals surface area contributed by atoms with Crippen LogP contribution < -0.4 is 9.64 Å². The number of hydrogen-bond acceptors (Lipinski definition) is 2. The molecule has 0 saturated carbocycles. The van der Waals surface area contributed by atoms with Crippen molar-refractivity contribution in [3.05, 3.63) is 23.8 Å². The summed E-state index contributed by atoms with van der Waals surface area (Å²) < 4.78 is 5.85. The Kier molecular flexibility index (Phi) is 2.73. The average molecular weight is 235 g/mol. The SMILES string of the molecule is CCN(C(=O)O)c1cccc2c1OC(C)(C)C2. The molecule has 1 aliphatic rings. The van der Waals surface area contributed by atoms with Crippen molar-refractivity contribution in [1.82, 2.24) is 0 Å². The van der Waals surface area contributed by atoms with E-state index in [0.29, 0.717) is 18.0 Å². The molecule has 0 radical (unpaired) electrons. The van der Waals surface area contributed by atoms with Crippen molar-refractivity contribution >= 4 is 11.8 Å². The number of hydrogen-bond donors (Lipinski definition) is 1. The quantitative estimate of drug-likeness (QED) is 0.857. The second kappa shape index (κ2) is 3.95. The predicted molar refractivity (Wildman–Crippen MR) is 65.9 cm³/mol. The largest absolute Gasteiger partial charge is 0.485 e. The van der Waals surface area contributed by atoms with Gasteiger partial charge in [0, 0.05) is 18.5 Å². The van der Waals surface area contributed by atoms with Crippen LogP contribution in [0, 0.1) is 0 Å². The molecule has 92 valence electrons. The molecule has 1 aromatic rings. The molecule has 0 spiro atoms. The molecule has 0 fully saturated rings. The van der Waals surface area contributed by atoms with Gasteiger partial charge in [-0.1, -0.05) is 12.1 Å². The Morgan fingerprint density at radius 3 is 2.82 bits per heavy atom. The highest BCUT2D eigenvalue weighted by Crippen LogP contribution is 2.41. The third-order valence-electron chi connectivity index (χ3n) is 2.91. The maximum atomic E-state index is 11.2. The van der Waals surface area contributed by atoms with E-state index in [1.165, 1.54) is 4.90 Å². The van der Waals surface area contributed by atoms with Crippen LogP contribution in [-0.2, 0) is 6.42 Å². The normalized spacial score (nSPS) is 16.2. The highest BCUT2D eigenvalue weighted by Gasteiger charge is 2.33. The van der Waals surface area contributed by atoms with E-state index < -0.39 is 6.09 Å². The number of amides is 1. The number of para-hydroxylation sites is 1. The van der Waals surface area contributed by atoms with Crippen molar-refractivity contribution < 1.29 is 14.6 Å². The Hall–Kier alpha value is -1.71. The van der Waals surface area contributed by atoms with Gasteiger partial charge in [-0.2, -0.15) is 0 Å². The number of carbonyl (C=O) groups is 1. The minimum absolute atomic E-state index is 0.254. The molecule has 0 bridgehead atoms. The Labute approximate surface area is 101 Å². The van der Waals surface area contributed by atoms with E-state index in [9.17, 15) is 4.79 Å². The van der Waals surface area contributed by atoms with Crippen LogP contribution in [0.5, 0.6) is 5.75 Å². The molecule has 1 N–H and O–H groups in total. The smallest absolute Gasteiger partial charge is 0.411 e. The van der Waals surface area contributed by atoms with Crippen molar-refractivity contribution in [3.63, 3.8) is 0 Å². The first-order valence-corrected chi connectivity index (χ1v) is 5.76. The molecule has 1 aromatic carbocycles. The molecule has 4 nitrogen and oxygen atoms in total. The van der Waals surface area contributed by atoms with E-state index in [4.69, 9.17) is 9.84 Å². The topological polar surface area (TPSA) is 49.8 Å². The minimum Gasteiger partial charge on any atom is -0.485 e. The van der Waals surface area contributed by atoms with Crippen molar-refractivity contribution in [2.24, 2.45) is 0 Å². The van der Waals surface area contributed by atoms with Crippen LogP contribution in [0.1, 0.15) is 26.3 Å². The van der Waals surface area contributed by atoms with E-state index in [1.54, 1.807) is 6.07 Å². The Morgan fingerprint density at radius 1 is 1.53 bits per heavy atom. The fourth-order valence-corrected chi connectivity index (χ4v) is 2.22. The third-order valence-corrected chi connectivity index (χ3v) is 2.91. The molecule has 0 saturated heterocycles. The summed E-state index contributed by atoms with van der Waals surface area (Å²) in [6, 6.07) is 5.66. The van der Waals surface area contributed by atoms with Crippen LogP contribution in [0.4, 0.5) is 10.5 Å². The first kappa shape index (κ1) is 11.8. The number of anilines is 1. The first-order valence-electron chi connectivity index (χ1n) is 5.76. The maximum Gasteiger partial charge on any atom is 0.411 e. The summed E-state index contributed by atoms with van der Waals surface area (Å²) in [5.74, 6) is 0.710. The van der Waals surface area contributed by atoms with Crippen molar-refractivity contribution in [3.8, 4) is 5.75 Å². The van der Waals surface area contributed by atoms with Gasteiger partial charge in [0.05, 0.1) is 5.69 Å². The molecule has 0 aliphatic carbocycles. The number of rotatable bonds is 2. The molecule has 0 atom stereocenters. The van der Waals surface area contributed by atoms with Crippen LogP contribution in [0.25, 0.3) is 0 Å². The van der Waals surface area contributed by atoms with E-state index >= 15 is 0 Å². The molecule has 1 heterocycles. The van der Waals surface area contributed by atoms with Gasteiger partial charge in [0.25, 0.3) is 0 Å². The summed E-state index contributed by atoms with van der Waals surface area (Å²) in [4.78, 5) is 12.5. The summed E-state index contributed by atoms with van der Waals surface area (Å²) in [5, 5.41) is 9.16. The Bertz CT molecular complexity index is 454. The van der Waals surface area contributed by atoms with Gasteiger partial charge in [0.15, 0.2) is 0 Å². The van der Waals surface area contributed by atoms with E-state index in [1.807, 2.05) is 32.9 Å². The number of carboxylic acid groups (broad SMARTS) is 1. The fraction of sp³-hybridized carbons (Fsp3) is 0.462. The standard InChI is InChI=1S/C13H17NO3/c1-4-14(12(15)16)10-7-5-6-9-8-13(2,3)17-11(9)10/h5-7H,4,8H2,1-3H3,(H,15,16). The van der Waals surface area contributed by atoms with Gasteiger partial charge in [0.2, 0.25) is 0 Å². The zero-order valence-corrected chi connectivity index (χ0v) is 10.4. The Balaban J connectivity index is 2.45. The van der Waals surface area contributed by atoms with E-state index in [-0.39, 0.29) is 5.60 Å². The zero-order chi connectivity index (χ0) is 12.6. The lowest BCUT2D eigenvalue weighted by Crippen LogP contribution is -2.30. The van der Waals surface area contributed by atoms with Gasteiger partial charge in [-0.3, -0.25) is 4.90 Å². The van der Waals surface area contributed by atoms with Gasteiger partial charge in [-0.25, -0.2) is 4.79 Å². The van der Waals surface area contributed by atoms with Crippen LogP contribution in [0.15, 0.2) is 18.2 Å². The summed E-state index contributed by atoms with van der Waals surface area (Å²) in [6.07, 6.45) is -0.137. The minimum atomic E-state index is -0.950. The third kappa shape index (κ3) is 2.07. The van der Waals surface area contributed by atoms with Gasteiger partial charge in [-0.05, 0) is 26.8 Å². The Morgan fingerprint density at radius 2 is 2.24 bits per heavy atom. The number of nitrogens with zero attached hydrogens (tertiary/aromatic N) is 1. The average Bonchev–Trinajstić information content (AvgIpc) is 2.53. The molecule has 0 aromatic heterocycles. The van der Waals surface area contributed by atoms with Crippen molar-refractivity contribution in [2.45, 2.75) is 32.8 Å². The summed E-state index contributed by atoms with van der Waals surface area (Å²) in [5.41, 5.74) is 1.46. The van der Waals surface area contributed by atoms with Crippen molar-refractivity contribution in [2.75, 3.05) is 11.4 Å². The highest BCUT2D eigenvalue weighted by molar-refractivity contribution is 5.88. The van der Waals surface area contributed by atoms with Gasteiger partial charge < -0.3 is 9.84 Å². The lowest BCUT2D eigenvalue weighted by Gasteiger charge is -2.22. The second-order valence-corrected chi connectivity index (χ2v) is 4.83. The van der Waals surface area contributed by atoms with Crippen molar-refractivity contribution in [1.29, 1.82) is 0 Å².